The quantitative estimate of drug-likeness (QED) is 0.558. The summed E-state index contributed by atoms with van der Waals surface area (Å²) in [4.78, 5) is 10.6. The topological polar surface area (TPSA) is 118 Å². The van der Waals surface area contributed by atoms with E-state index in [1.165, 1.54) is 30.3 Å². The number of nitrogens with two attached hydrogens (primary N) is 1. The largest absolute Gasteiger partial charge is 0.478 e. The highest BCUT2D eigenvalue weighted by Crippen LogP contribution is 2.24. The molecule has 0 aliphatic heterocycles. The van der Waals surface area contributed by atoms with E-state index in [2.05, 4.69) is 0 Å². The van der Waals surface area contributed by atoms with Gasteiger partial charge in [0.05, 0.1) is 10.5 Å². The first-order chi connectivity index (χ1) is 8.29. The van der Waals surface area contributed by atoms with Crippen molar-refractivity contribution < 1.29 is 22.9 Å². The lowest BCUT2D eigenvalue weighted by molar-refractivity contribution is 0.0698. The Hall–Kier alpha value is -2.12. The van der Waals surface area contributed by atoms with Crippen molar-refractivity contribution in [2.24, 2.45) is 0 Å². The van der Waals surface area contributed by atoms with Gasteiger partial charge in [-0.15, -0.1) is 0 Å². The van der Waals surface area contributed by atoms with E-state index in [4.69, 9.17) is 15.4 Å². The van der Waals surface area contributed by atoms with Crippen molar-refractivity contribution in [2.75, 3.05) is 5.73 Å². The maximum Gasteiger partial charge on any atom is 0.337 e. The standard InChI is InChI=1S/C11H9NO5S/c12-10-5-6-1-2-8(18(15,16)17)3-7(6)4-9(10)11(13)14/h1-5H,12H2,(H,13,14)(H,15,16,17). The Kier molecular flexibility index (Phi) is 2.72. The number of anilines is 1. The molecule has 94 valence electrons. The minimum absolute atomic E-state index is 0.0922. The molecule has 0 spiro atoms. The molecule has 0 aromatic heterocycles. The van der Waals surface area contributed by atoms with Gasteiger partial charge in [-0.25, -0.2) is 4.79 Å². The molecule has 0 fully saturated rings. The molecule has 6 nitrogen and oxygen atoms in total. The fourth-order valence-corrected chi connectivity index (χ4v) is 2.15. The summed E-state index contributed by atoms with van der Waals surface area (Å²) in [5.74, 6) is -1.20. The van der Waals surface area contributed by atoms with Crippen LogP contribution in [0.2, 0.25) is 0 Å². The van der Waals surface area contributed by atoms with Crippen LogP contribution in [0, 0.1) is 0 Å². The molecule has 0 heterocycles. The molecule has 0 aliphatic carbocycles. The van der Waals surface area contributed by atoms with Gasteiger partial charge in [0.2, 0.25) is 0 Å². The van der Waals surface area contributed by atoms with E-state index in [0.717, 1.165) is 0 Å². The van der Waals surface area contributed by atoms with Crippen LogP contribution in [-0.2, 0) is 10.1 Å². The smallest absolute Gasteiger partial charge is 0.337 e. The van der Waals surface area contributed by atoms with Gasteiger partial charge in [-0.2, -0.15) is 8.42 Å². The van der Waals surface area contributed by atoms with Gasteiger partial charge in [0.1, 0.15) is 0 Å². The van der Waals surface area contributed by atoms with Crippen molar-refractivity contribution in [3.8, 4) is 0 Å². The van der Waals surface area contributed by atoms with Crippen LogP contribution in [-0.4, -0.2) is 24.0 Å². The van der Waals surface area contributed by atoms with Gasteiger partial charge in [-0.1, -0.05) is 6.07 Å². The maximum absolute atomic E-state index is 11.0. The third-order valence-electron chi connectivity index (χ3n) is 2.51. The van der Waals surface area contributed by atoms with Crippen molar-refractivity contribution in [3.05, 3.63) is 35.9 Å². The second kappa shape index (κ2) is 3.97. The number of hydrogen-bond acceptors (Lipinski definition) is 4. The van der Waals surface area contributed by atoms with E-state index in [1.807, 2.05) is 0 Å². The van der Waals surface area contributed by atoms with E-state index in [-0.39, 0.29) is 16.1 Å². The molecule has 2 rings (SSSR count). The molecule has 0 radical (unpaired) electrons. The van der Waals surface area contributed by atoms with Gasteiger partial charge >= 0.3 is 5.97 Å². The summed E-state index contributed by atoms with van der Waals surface area (Å²) in [6.45, 7) is 0. The zero-order chi connectivity index (χ0) is 13.5. The van der Waals surface area contributed by atoms with Crippen LogP contribution in [0.15, 0.2) is 35.2 Å². The van der Waals surface area contributed by atoms with Crippen LogP contribution in [0.4, 0.5) is 5.69 Å². The van der Waals surface area contributed by atoms with Crippen molar-refractivity contribution >= 4 is 32.5 Å². The summed E-state index contributed by atoms with van der Waals surface area (Å²) >= 11 is 0. The van der Waals surface area contributed by atoms with Gasteiger partial charge in [0.25, 0.3) is 10.1 Å². The van der Waals surface area contributed by atoms with Gasteiger partial charge in [0.15, 0.2) is 0 Å². The number of carboxylic acids is 1. The highest BCUT2D eigenvalue weighted by Gasteiger charge is 2.13. The zero-order valence-electron chi connectivity index (χ0n) is 8.99. The van der Waals surface area contributed by atoms with Crippen molar-refractivity contribution in [3.63, 3.8) is 0 Å². The molecule has 0 saturated heterocycles. The first-order valence-electron chi connectivity index (χ1n) is 4.83. The zero-order valence-corrected chi connectivity index (χ0v) is 9.81. The molecule has 0 atom stereocenters. The lowest BCUT2D eigenvalue weighted by Crippen LogP contribution is -2.03. The van der Waals surface area contributed by atoms with Crippen LogP contribution in [0.3, 0.4) is 0 Å². The third kappa shape index (κ3) is 2.13. The Bertz CT molecular complexity index is 751. The average molecular weight is 267 g/mol. The molecular weight excluding hydrogens is 258 g/mol. The van der Waals surface area contributed by atoms with Gasteiger partial charge in [0, 0.05) is 5.69 Å². The number of hydrogen-bond donors (Lipinski definition) is 3. The second-order valence-electron chi connectivity index (χ2n) is 3.73. The van der Waals surface area contributed by atoms with Crippen LogP contribution < -0.4 is 5.73 Å². The summed E-state index contributed by atoms with van der Waals surface area (Å²) in [6, 6.07) is 6.56. The Labute approximate surface area is 102 Å². The summed E-state index contributed by atoms with van der Waals surface area (Å²) in [6.07, 6.45) is 0. The lowest BCUT2D eigenvalue weighted by atomic mass is 10.1. The molecule has 18 heavy (non-hydrogen) atoms. The summed E-state index contributed by atoms with van der Waals surface area (Å²) < 4.78 is 30.9. The van der Waals surface area contributed by atoms with Gasteiger partial charge < -0.3 is 10.8 Å². The minimum Gasteiger partial charge on any atom is -0.478 e. The molecule has 0 unspecified atom stereocenters. The molecule has 0 amide bonds. The normalized spacial score (nSPS) is 11.6. The monoisotopic (exact) mass is 267 g/mol. The van der Waals surface area contributed by atoms with Crippen LogP contribution in [0.1, 0.15) is 10.4 Å². The van der Waals surface area contributed by atoms with Gasteiger partial charge in [-0.05, 0) is 35.0 Å². The van der Waals surface area contributed by atoms with E-state index in [0.29, 0.717) is 10.8 Å². The third-order valence-corrected chi connectivity index (χ3v) is 3.36. The fraction of sp³-hybridized carbons (Fsp3) is 0. The molecule has 0 bridgehead atoms. The number of rotatable bonds is 2. The SMILES string of the molecule is Nc1cc2ccc(S(=O)(=O)O)cc2cc1C(=O)O. The van der Waals surface area contributed by atoms with Crippen LogP contribution >= 0.6 is 0 Å². The fourth-order valence-electron chi connectivity index (χ4n) is 1.64. The Morgan fingerprint density at radius 3 is 2.33 bits per heavy atom. The Morgan fingerprint density at radius 2 is 1.78 bits per heavy atom. The second-order valence-corrected chi connectivity index (χ2v) is 5.15. The lowest BCUT2D eigenvalue weighted by Gasteiger charge is -2.05. The summed E-state index contributed by atoms with van der Waals surface area (Å²) in [5.41, 5.74) is 5.54. The Balaban J connectivity index is 2.77. The predicted octanol–water partition coefficient (Wildman–Crippen LogP) is 1.37. The number of fused-ring (bicyclic) bond motifs is 1. The Morgan fingerprint density at radius 1 is 1.11 bits per heavy atom. The first-order valence-corrected chi connectivity index (χ1v) is 6.27. The molecule has 2 aromatic rings. The number of carbonyl (C=O) groups is 1. The maximum atomic E-state index is 11.0. The van der Waals surface area contributed by atoms with E-state index >= 15 is 0 Å². The molecular formula is C11H9NO5S. The number of benzene rings is 2. The minimum atomic E-state index is -4.32. The van der Waals surface area contributed by atoms with Crippen molar-refractivity contribution in [2.45, 2.75) is 4.90 Å². The van der Waals surface area contributed by atoms with E-state index in [9.17, 15) is 13.2 Å². The van der Waals surface area contributed by atoms with Crippen LogP contribution in [0.25, 0.3) is 10.8 Å². The number of nitrogen functional groups attached to an aromatic ring is 1. The van der Waals surface area contributed by atoms with Crippen molar-refractivity contribution in [1.82, 2.24) is 0 Å². The highest BCUT2D eigenvalue weighted by atomic mass is 32.2. The number of carboxylic acid groups (broad SMARTS) is 1. The molecule has 0 aliphatic rings. The average Bonchev–Trinajstić information content (AvgIpc) is 2.25. The predicted molar refractivity (Wildman–Crippen MR) is 65.1 cm³/mol. The molecule has 4 N–H and O–H groups in total. The van der Waals surface area contributed by atoms with E-state index in [1.54, 1.807) is 0 Å². The van der Waals surface area contributed by atoms with Gasteiger partial charge in [-0.3, -0.25) is 4.55 Å². The van der Waals surface area contributed by atoms with E-state index < -0.39 is 16.1 Å². The van der Waals surface area contributed by atoms with Crippen LogP contribution in [0.5, 0.6) is 0 Å². The number of aromatic carboxylic acids is 1. The summed E-state index contributed by atoms with van der Waals surface area (Å²) in [7, 11) is -4.32. The summed E-state index contributed by atoms with van der Waals surface area (Å²) in [5, 5.41) is 9.87. The molecule has 2 aromatic carbocycles. The van der Waals surface area contributed by atoms with Crippen molar-refractivity contribution in [1.29, 1.82) is 0 Å². The molecule has 0 saturated carbocycles. The first kappa shape index (κ1) is 12.3. The molecule has 7 heteroatoms. The highest BCUT2D eigenvalue weighted by molar-refractivity contribution is 7.85.